The first-order valence-corrected chi connectivity index (χ1v) is 12.3. The highest BCUT2D eigenvalue weighted by Crippen LogP contribution is 2.48. The number of benzene rings is 1. The summed E-state index contributed by atoms with van der Waals surface area (Å²) < 4.78 is 46.7. The zero-order valence-corrected chi connectivity index (χ0v) is 21.2. The molecule has 1 saturated carbocycles. The number of amides is 1. The summed E-state index contributed by atoms with van der Waals surface area (Å²) in [5.41, 5.74) is 0.369. The quantitative estimate of drug-likeness (QED) is 0.281. The number of carbonyl (C=O) groups excluding carboxylic acids is 1. The summed E-state index contributed by atoms with van der Waals surface area (Å²) in [7, 11) is 1.55. The third kappa shape index (κ3) is 4.99. The maximum atomic E-state index is 13.6. The van der Waals surface area contributed by atoms with Crippen molar-refractivity contribution in [1.82, 2.24) is 10.5 Å². The minimum absolute atomic E-state index is 0.0249. The van der Waals surface area contributed by atoms with Crippen molar-refractivity contribution in [1.29, 1.82) is 5.26 Å². The zero-order chi connectivity index (χ0) is 26.8. The van der Waals surface area contributed by atoms with E-state index in [1.807, 2.05) is 6.92 Å². The number of rotatable bonds is 9. The molecule has 1 amide bonds. The molecule has 1 N–H and O–H groups in total. The van der Waals surface area contributed by atoms with Gasteiger partial charge < -0.3 is 14.5 Å². The van der Waals surface area contributed by atoms with Crippen LogP contribution in [0.4, 0.5) is 24.5 Å². The van der Waals surface area contributed by atoms with Crippen molar-refractivity contribution in [3.8, 4) is 11.8 Å². The van der Waals surface area contributed by atoms with E-state index < -0.39 is 28.9 Å². The number of hydrogen-bond donors (Lipinski definition) is 1. The minimum atomic E-state index is -4.81. The lowest BCUT2D eigenvalue weighted by molar-refractivity contribution is -0.138. The molecule has 8 nitrogen and oxygen atoms in total. The third-order valence-electron chi connectivity index (χ3n) is 6.70. The number of hydroxylamine groups is 1. The number of halogens is 3. The lowest BCUT2D eigenvalue weighted by Crippen LogP contribution is -2.55. The number of alkyl halides is 3. The normalized spacial score (nSPS) is 17.6. The number of nitriles is 1. The molecule has 37 heavy (non-hydrogen) atoms. The second kappa shape index (κ2) is 10.6. The smallest absolute Gasteiger partial charge is 0.419 e. The zero-order valence-electron chi connectivity index (χ0n) is 20.3. The molecule has 2 aromatic rings. The monoisotopic (exact) mass is 533 g/mol. The summed E-state index contributed by atoms with van der Waals surface area (Å²) in [6.45, 7) is 2.66. The maximum Gasteiger partial charge on any atom is 0.419 e. The van der Waals surface area contributed by atoms with Crippen molar-refractivity contribution < 1.29 is 27.5 Å². The molecular formula is C25H26F3N5O3S. The van der Waals surface area contributed by atoms with Gasteiger partial charge in [0, 0.05) is 12.2 Å². The van der Waals surface area contributed by atoms with Gasteiger partial charge >= 0.3 is 6.18 Å². The largest absolute Gasteiger partial charge is 0.490 e. The Bertz CT molecular complexity index is 1210. The molecule has 1 atom stereocenters. The van der Waals surface area contributed by atoms with E-state index in [-0.39, 0.29) is 16.9 Å². The Morgan fingerprint density at radius 1 is 1.27 bits per heavy atom. The Morgan fingerprint density at radius 2 is 1.97 bits per heavy atom. The van der Waals surface area contributed by atoms with Gasteiger partial charge in [0.25, 0.3) is 5.91 Å². The Morgan fingerprint density at radius 3 is 2.51 bits per heavy atom. The van der Waals surface area contributed by atoms with Gasteiger partial charge in [-0.25, -0.2) is 10.5 Å². The van der Waals surface area contributed by atoms with E-state index in [2.05, 4.69) is 10.5 Å². The lowest BCUT2D eigenvalue weighted by Gasteiger charge is -2.43. The van der Waals surface area contributed by atoms with E-state index in [1.165, 1.54) is 6.07 Å². The van der Waals surface area contributed by atoms with Crippen LogP contribution in [0.15, 0.2) is 36.5 Å². The summed E-state index contributed by atoms with van der Waals surface area (Å²) in [6, 6.07) is 9.36. The molecule has 2 heterocycles. The summed E-state index contributed by atoms with van der Waals surface area (Å²) in [4.78, 5) is 24.9. The molecule has 2 aliphatic rings. The van der Waals surface area contributed by atoms with Crippen LogP contribution in [0.3, 0.4) is 0 Å². The van der Waals surface area contributed by atoms with E-state index in [0.717, 1.165) is 36.4 Å². The standard InChI is InChI=1S/C25H26F3N5O3S/c1-3-18(9-12-31-35-2)36-19-7-5-16(6-8-19)33-23(37)32(22(34)24(33)10-4-11-24)17-13-20(25(26,27)28)21(14-29)30-15-17/h5-8,13,15,18,31H,3-4,9-12H2,1-2H3. The van der Waals surface area contributed by atoms with E-state index in [9.17, 15) is 18.0 Å². The fourth-order valence-electron chi connectivity index (χ4n) is 4.62. The number of hydrogen-bond acceptors (Lipinski definition) is 7. The number of ether oxygens (including phenoxy) is 1. The molecule has 0 radical (unpaired) electrons. The number of anilines is 2. The number of carbonyl (C=O) groups is 1. The second-order valence-electron chi connectivity index (χ2n) is 8.87. The van der Waals surface area contributed by atoms with Gasteiger partial charge in [-0.05, 0) is 74.7 Å². The van der Waals surface area contributed by atoms with Gasteiger partial charge in [0.2, 0.25) is 0 Å². The molecule has 1 aromatic carbocycles. The summed E-state index contributed by atoms with van der Waals surface area (Å²) in [6.07, 6.45) is -0.397. The number of pyridine rings is 1. The van der Waals surface area contributed by atoms with Crippen LogP contribution in [0.1, 0.15) is 50.3 Å². The molecule has 1 saturated heterocycles. The van der Waals surface area contributed by atoms with E-state index in [4.69, 9.17) is 27.1 Å². The van der Waals surface area contributed by atoms with Gasteiger partial charge in [-0.1, -0.05) is 6.92 Å². The third-order valence-corrected chi connectivity index (χ3v) is 7.07. The highest BCUT2D eigenvalue weighted by Gasteiger charge is 2.59. The Labute approximate surface area is 217 Å². The van der Waals surface area contributed by atoms with E-state index in [0.29, 0.717) is 30.8 Å². The number of nitrogens with one attached hydrogen (secondary N) is 1. The topological polar surface area (TPSA) is 90.7 Å². The van der Waals surface area contributed by atoms with Crippen molar-refractivity contribution in [3.05, 3.63) is 47.8 Å². The first-order chi connectivity index (χ1) is 17.7. The van der Waals surface area contributed by atoms with Crippen LogP contribution >= 0.6 is 12.2 Å². The van der Waals surface area contributed by atoms with Gasteiger partial charge in [0.1, 0.15) is 17.4 Å². The van der Waals surface area contributed by atoms with Gasteiger partial charge in [-0.3, -0.25) is 9.69 Å². The number of aromatic nitrogens is 1. The van der Waals surface area contributed by atoms with Crippen LogP contribution in [0, 0.1) is 11.3 Å². The van der Waals surface area contributed by atoms with Crippen molar-refractivity contribution in [2.45, 2.75) is 56.8 Å². The molecule has 12 heteroatoms. The second-order valence-corrected chi connectivity index (χ2v) is 9.24. The predicted molar refractivity (Wildman–Crippen MR) is 134 cm³/mol. The van der Waals surface area contributed by atoms with Crippen molar-refractivity contribution in [3.63, 3.8) is 0 Å². The van der Waals surface area contributed by atoms with Crippen LogP contribution in [-0.2, 0) is 15.8 Å². The van der Waals surface area contributed by atoms with Crippen molar-refractivity contribution in [2.75, 3.05) is 23.5 Å². The van der Waals surface area contributed by atoms with Crippen LogP contribution in [0.5, 0.6) is 5.75 Å². The highest BCUT2D eigenvalue weighted by molar-refractivity contribution is 7.81. The van der Waals surface area contributed by atoms with Crippen LogP contribution < -0.4 is 20.0 Å². The highest BCUT2D eigenvalue weighted by atomic mass is 32.1. The van der Waals surface area contributed by atoms with Crippen molar-refractivity contribution >= 4 is 34.6 Å². The first-order valence-electron chi connectivity index (χ1n) is 11.8. The van der Waals surface area contributed by atoms with Gasteiger partial charge in [0.15, 0.2) is 10.8 Å². The molecule has 1 aromatic heterocycles. The molecule has 0 bridgehead atoms. The summed E-state index contributed by atoms with van der Waals surface area (Å²) in [5.74, 6) is 0.246. The molecular weight excluding hydrogens is 507 g/mol. The fourth-order valence-corrected chi connectivity index (χ4v) is 5.09. The Balaban J connectivity index is 1.62. The van der Waals surface area contributed by atoms with Crippen LogP contribution in [-0.4, -0.2) is 41.3 Å². The molecule has 1 spiro atoms. The summed E-state index contributed by atoms with van der Waals surface area (Å²) >= 11 is 5.64. The number of thiocarbonyl (C=S) groups is 1. The number of nitrogens with zero attached hydrogens (tertiary/aromatic N) is 4. The van der Waals surface area contributed by atoms with Gasteiger partial charge in [0.05, 0.1) is 30.7 Å². The van der Waals surface area contributed by atoms with E-state index in [1.54, 1.807) is 36.3 Å². The maximum absolute atomic E-state index is 13.6. The molecule has 1 unspecified atom stereocenters. The molecule has 1 aliphatic carbocycles. The van der Waals surface area contributed by atoms with Crippen LogP contribution in [0.25, 0.3) is 0 Å². The average Bonchev–Trinajstić information content (AvgIpc) is 3.09. The molecule has 4 rings (SSSR count). The fraction of sp³-hybridized carbons (Fsp3) is 0.440. The molecule has 196 valence electrons. The molecule has 2 fully saturated rings. The lowest BCUT2D eigenvalue weighted by atomic mass is 9.75. The summed E-state index contributed by atoms with van der Waals surface area (Å²) in [5, 5.41) is 9.13. The Hall–Kier alpha value is -3.27. The minimum Gasteiger partial charge on any atom is -0.490 e. The van der Waals surface area contributed by atoms with Gasteiger partial charge in [-0.15, -0.1) is 0 Å². The van der Waals surface area contributed by atoms with Crippen LogP contribution in [0.2, 0.25) is 0 Å². The first kappa shape index (κ1) is 26.8. The van der Waals surface area contributed by atoms with E-state index >= 15 is 0 Å². The average molecular weight is 534 g/mol. The van der Waals surface area contributed by atoms with Gasteiger partial charge in [-0.2, -0.15) is 18.4 Å². The van der Waals surface area contributed by atoms with Crippen molar-refractivity contribution in [2.24, 2.45) is 0 Å². The Kier molecular flexibility index (Phi) is 7.68. The SMILES string of the molecule is CCC(CCNOC)Oc1ccc(N2C(=S)N(c3cnc(C#N)c(C(F)(F)F)c3)C(=O)C23CCC3)cc1. The predicted octanol–water partition coefficient (Wildman–Crippen LogP) is 4.73. The molecule has 1 aliphatic heterocycles.